The normalized spacial score (nSPS) is 21.0. The summed E-state index contributed by atoms with van der Waals surface area (Å²) in [5.41, 5.74) is 0.650. The third-order valence-corrected chi connectivity index (χ3v) is 10.6. The van der Waals surface area contributed by atoms with Crippen LogP contribution in [0.25, 0.3) is 5.65 Å². The highest BCUT2D eigenvalue weighted by molar-refractivity contribution is 5.94. The Balaban J connectivity index is 1.06. The van der Waals surface area contributed by atoms with Crippen LogP contribution in [0.3, 0.4) is 0 Å². The van der Waals surface area contributed by atoms with Crippen molar-refractivity contribution in [2.24, 2.45) is 0 Å². The summed E-state index contributed by atoms with van der Waals surface area (Å²) >= 11 is 0. The molecule has 0 bridgehead atoms. The quantitative estimate of drug-likeness (QED) is 0.108. The molecule has 3 amide bonds. The van der Waals surface area contributed by atoms with Gasteiger partial charge >= 0.3 is 6.03 Å². The Morgan fingerprint density at radius 2 is 1.83 bits per heavy atom. The Kier molecular flexibility index (Phi) is 10.5. The first-order chi connectivity index (χ1) is 26.0. The van der Waals surface area contributed by atoms with Crippen molar-refractivity contribution in [3.63, 3.8) is 0 Å². The van der Waals surface area contributed by atoms with Gasteiger partial charge in [-0.3, -0.25) is 24.2 Å². The van der Waals surface area contributed by atoms with Gasteiger partial charge in [-0.25, -0.2) is 14.8 Å². The molecule has 3 aliphatic rings. The summed E-state index contributed by atoms with van der Waals surface area (Å²) < 4.78 is 13.9. The monoisotopic (exact) mass is 735 g/mol. The SMILES string of the molecule is CC(C)(C)c1cc(NC(=O)N[C@@]2(C=O)C=C[C@@H](Oc3ccc4nnc(C5(C)CCCC5)n4c3)c3ccccc32)nc(C(=O)NCCCN2CCOCC2)n1. The maximum Gasteiger partial charge on any atom is 0.321 e. The average Bonchev–Trinajstić information content (AvgIpc) is 3.81. The molecule has 4 heterocycles. The number of anilines is 1. The molecule has 2 fully saturated rings. The molecule has 4 aromatic rings. The molecule has 1 aliphatic heterocycles. The molecule has 0 spiro atoms. The van der Waals surface area contributed by atoms with Crippen LogP contribution in [-0.4, -0.2) is 87.1 Å². The van der Waals surface area contributed by atoms with Crippen LogP contribution in [0, 0.1) is 0 Å². The summed E-state index contributed by atoms with van der Waals surface area (Å²) in [4.78, 5) is 51.0. The zero-order valence-electron chi connectivity index (χ0n) is 31.4. The molecule has 7 rings (SSSR count). The maximum absolute atomic E-state index is 13.7. The van der Waals surface area contributed by atoms with E-state index in [9.17, 15) is 14.4 Å². The number of nitrogens with zero attached hydrogens (tertiary/aromatic N) is 6. The Hall–Kier alpha value is -5.21. The van der Waals surface area contributed by atoms with E-state index in [1.807, 2.05) is 61.7 Å². The number of fused-ring (bicyclic) bond motifs is 2. The zero-order valence-corrected chi connectivity index (χ0v) is 31.4. The molecule has 14 nitrogen and oxygen atoms in total. The van der Waals surface area contributed by atoms with E-state index in [0.717, 1.165) is 69.1 Å². The smallest absolute Gasteiger partial charge is 0.321 e. The lowest BCUT2D eigenvalue weighted by atomic mass is 9.81. The van der Waals surface area contributed by atoms with Crippen LogP contribution in [0.1, 0.15) is 99.2 Å². The molecule has 3 N–H and O–H groups in total. The Morgan fingerprint density at radius 3 is 2.59 bits per heavy atom. The molecule has 2 atom stereocenters. The third-order valence-electron chi connectivity index (χ3n) is 10.6. The number of benzene rings is 1. The van der Waals surface area contributed by atoms with Gasteiger partial charge in [0, 0.05) is 42.1 Å². The molecule has 1 saturated heterocycles. The van der Waals surface area contributed by atoms with E-state index in [1.54, 1.807) is 24.3 Å². The van der Waals surface area contributed by atoms with Crippen LogP contribution in [-0.2, 0) is 25.9 Å². The molecular formula is C40H49N9O5. The predicted molar refractivity (Wildman–Crippen MR) is 203 cm³/mol. The average molecular weight is 736 g/mol. The second-order valence-corrected chi connectivity index (χ2v) is 15.7. The van der Waals surface area contributed by atoms with Gasteiger partial charge in [-0.2, -0.15) is 0 Å². The van der Waals surface area contributed by atoms with E-state index in [-0.39, 0.29) is 17.1 Å². The maximum atomic E-state index is 13.7. The molecule has 0 radical (unpaired) electrons. The van der Waals surface area contributed by atoms with Crippen LogP contribution in [0.5, 0.6) is 5.75 Å². The van der Waals surface area contributed by atoms with E-state index >= 15 is 0 Å². The van der Waals surface area contributed by atoms with Gasteiger partial charge < -0.3 is 20.1 Å². The Morgan fingerprint density at radius 1 is 1.06 bits per heavy atom. The highest BCUT2D eigenvalue weighted by Gasteiger charge is 2.39. The fourth-order valence-corrected chi connectivity index (χ4v) is 7.52. The predicted octanol–water partition coefficient (Wildman–Crippen LogP) is 5.01. The number of ether oxygens (including phenoxy) is 2. The summed E-state index contributed by atoms with van der Waals surface area (Å²) in [7, 11) is 0. The molecule has 1 aromatic carbocycles. The number of amides is 3. The van der Waals surface area contributed by atoms with Crippen LogP contribution in [0.15, 0.2) is 60.8 Å². The minimum absolute atomic E-state index is 0.0392. The van der Waals surface area contributed by atoms with Gasteiger partial charge in [0.25, 0.3) is 5.91 Å². The number of hydrogen-bond donors (Lipinski definition) is 3. The van der Waals surface area contributed by atoms with Gasteiger partial charge in [0.1, 0.15) is 29.0 Å². The lowest BCUT2D eigenvalue weighted by Gasteiger charge is -2.34. The number of rotatable bonds is 11. The third kappa shape index (κ3) is 7.85. The lowest BCUT2D eigenvalue weighted by molar-refractivity contribution is -0.111. The molecule has 284 valence electrons. The largest absolute Gasteiger partial charge is 0.480 e. The number of morpholine rings is 1. The summed E-state index contributed by atoms with van der Waals surface area (Å²) in [6.07, 6.45) is 10.7. The Bertz CT molecular complexity index is 2040. The van der Waals surface area contributed by atoms with E-state index in [0.29, 0.717) is 29.8 Å². The number of pyridine rings is 1. The second-order valence-electron chi connectivity index (χ2n) is 15.7. The van der Waals surface area contributed by atoms with Crippen molar-refractivity contribution < 1.29 is 23.9 Å². The van der Waals surface area contributed by atoms with E-state index in [1.165, 1.54) is 12.8 Å². The number of aldehydes is 1. The first kappa shape index (κ1) is 37.1. The van der Waals surface area contributed by atoms with Crippen LogP contribution < -0.4 is 20.7 Å². The number of carbonyl (C=O) groups excluding carboxylic acids is 3. The second kappa shape index (κ2) is 15.3. The number of hydrogen-bond acceptors (Lipinski definition) is 10. The standard InChI is InChI=1S/C40H49N9O5/c1-38(2,3)31-24-32(43-34(42-31)35(51)41-18-9-19-48-20-22-53-23-21-48)44-37(52)45-40(26-50)17-14-30(28-10-5-6-11-29(28)40)54-27-12-13-33-46-47-36(49(33)25-27)39(4)15-7-8-16-39/h5-6,10-14,17,24-26,30H,7-9,15-16,18-23H2,1-4H3,(H,41,51)(H2,42,43,44,45,52)/t30-,40-/m1/s1. The number of carbonyl (C=O) groups is 3. The van der Waals surface area contributed by atoms with Gasteiger partial charge in [-0.05, 0) is 55.7 Å². The van der Waals surface area contributed by atoms with Gasteiger partial charge in [-0.1, -0.05) is 64.8 Å². The highest BCUT2D eigenvalue weighted by Crippen LogP contribution is 2.41. The molecule has 3 aromatic heterocycles. The first-order valence-electron chi connectivity index (χ1n) is 18.8. The fourth-order valence-electron chi connectivity index (χ4n) is 7.52. The Labute approximate surface area is 315 Å². The van der Waals surface area contributed by atoms with Gasteiger partial charge in [0.2, 0.25) is 5.82 Å². The topological polar surface area (TPSA) is 165 Å². The fraction of sp³-hybridized carbons (Fsp3) is 0.475. The van der Waals surface area contributed by atoms with Crippen molar-refractivity contribution in [2.75, 3.05) is 44.7 Å². The van der Waals surface area contributed by atoms with Crippen molar-refractivity contribution in [1.29, 1.82) is 0 Å². The summed E-state index contributed by atoms with van der Waals surface area (Å²) in [6.45, 7) is 12.6. The first-order valence-corrected chi connectivity index (χ1v) is 18.8. The van der Waals surface area contributed by atoms with E-state index in [2.05, 4.69) is 47.9 Å². The molecule has 54 heavy (non-hydrogen) atoms. The van der Waals surface area contributed by atoms with Crippen LogP contribution in [0.4, 0.5) is 10.6 Å². The van der Waals surface area contributed by atoms with Gasteiger partial charge in [-0.15, -0.1) is 10.2 Å². The summed E-state index contributed by atoms with van der Waals surface area (Å²) in [6, 6.07) is 12.1. The number of aromatic nitrogens is 5. The number of nitrogens with one attached hydrogen (secondary N) is 3. The van der Waals surface area contributed by atoms with Crippen LogP contribution in [0.2, 0.25) is 0 Å². The van der Waals surface area contributed by atoms with Crippen molar-refractivity contribution in [1.82, 2.24) is 40.1 Å². The molecule has 2 aliphatic carbocycles. The van der Waals surface area contributed by atoms with E-state index in [4.69, 9.17) is 9.47 Å². The van der Waals surface area contributed by atoms with Crippen molar-refractivity contribution in [3.8, 4) is 5.75 Å². The molecule has 1 saturated carbocycles. The lowest BCUT2D eigenvalue weighted by Crippen LogP contribution is -2.49. The minimum Gasteiger partial charge on any atom is -0.480 e. The zero-order chi connectivity index (χ0) is 37.9. The molecule has 14 heteroatoms. The highest BCUT2D eigenvalue weighted by atomic mass is 16.5. The number of urea groups is 1. The van der Waals surface area contributed by atoms with Crippen molar-refractivity contribution in [2.45, 2.75) is 82.3 Å². The molecular weight excluding hydrogens is 686 g/mol. The van der Waals surface area contributed by atoms with Crippen molar-refractivity contribution in [3.05, 3.63) is 89.3 Å². The van der Waals surface area contributed by atoms with E-state index < -0.39 is 29.0 Å². The van der Waals surface area contributed by atoms with Crippen molar-refractivity contribution >= 4 is 29.7 Å². The summed E-state index contributed by atoms with van der Waals surface area (Å²) in [5, 5.41) is 17.5. The van der Waals surface area contributed by atoms with Crippen LogP contribution >= 0.6 is 0 Å². The summed E-state index contributed by atoms with van der Waals surface area (Å²) in [5.74, 6) is 1.20. The van der Waals surface area contributed by atoms with Gasteiger partial charge in [0.15, 0.2) is 11.9 Å². The molecule has 0 unspecified atom stereocenters. The van der Waals surface area contributed by atoms with Gasteiger partial charge in [0.05, 0.1) is 25.1 Å². The minimum atomic E-state index is -1.50.